The molecule has 2 heterocycles. The Morgan fingerprint density at radius 1 is 1.29 bits per heavy atom. The molecular formula is C15H19NO5. The third kappa shape index (κ3) is 1.43. The molecule has 0 unspecified atom stereocenters. The van der Waals surface area contributed by atoms with Gasteiger partial charge >= 0.3 is 5.97 Å². The maximum atomic E-state index is 12.6. The second kappa shape index (κ2) is 4.40. The van der Waals surface area contributed by atoms with E-state index in [9.17, 15) is 19.5 Å². The Labute approximate surface area is 122 Å². The van der Waals surface area contributed by atoms with Gasteiger partial charge in [0.25, 0.3) is 5.60 Å². The van der Waals surface area contributed by atoms with Crippen LogP contribution in [0, 0.1) is 0 Å². The molecule has 1 N–H and O–H groups in total. The second-order valence-electron chi connectivity index (χ2n) is 6.00. The van der Waals surface area contributed by atoms with Crippen molar-refractivity contribution in [3.05, 3.63) is 11.1 Å². The normalized spacial score (nSPS) is 35.7. The first-order valence-electron chi connectivity index (χ1n) is 7.27. The molecule has 21 heavy (non-hydrogen) atoms. The maximum absolute atomic E-state index is 12.6. The van der Waals surface area contributed by atoms with Crippen LogP contribution in [0.2, 0.25) is 0 Å². The van der Waals surface area contributed by atoms with E-state index in [1.54, 1.807) is 11.8 Å². The van der Waals surface area contributed by atoms with Crippen LogP contribution in [0.25, 0.3) is 0 Å². The molecule has 2 fully saturated rings. The molecule has 1 amide bonds. The average Bonchev–Trinajstić information content (AvgIpc) is 2.94. The molecule has 2 aliphatic heterocycles. The molecule has 6 heteroatoms. The monoisotopic (exact) mass is 293 g/mol. The highest BCUT2D eigenvalue weighted by Crippen LogP contribution is 2.54. The number of aliphatic hydroxyl groups is 1. The van der Waals surface area contributed by atoms with Crippen molar-refractivity contribution in [2.75, 3.05) is 13.7 Å². The molecule has 0 saturated carbocycles. The van der Waals surface area contributed by atoms with Crippen molar-refractivity contribution < 1.29 is 24.2 Å². The van der Waals surface area contributed by atoms with Gasteiger partial charge in [-0.3, -0.25) is 9.59 Å². The lowest BCUT2D eigenvalue weighted by Gasteiger charge is -2.43. The number of amides is 1. The molecule has 3 rings (SSSR count). The number of ketones is 1. The van der Waals surface area contributed by atoms with Crippen molar-refractivity contribution >= 4 is 17.7 Å². The predicted molar refractivity (Wildman–Crippen MR) is 72.2 cm³/mol. The molecule has 0 radical (unpaired) electrons. The minimum atomic E-state index is -2.29. The summed E-state index contributed by atoms with van der Waals surface area (Å²) in [5.41, 5.74) is -2.37. The summed E-state index contributed by atoms with van der Waals surface area (Å²) in [6, 6.07) is 0. The highest BCUT2D eigenvalue weighted by Gasteiger charge is 2.72. The Balaban J connectivity index is 2.28. The zero-order valence-corrected chi connectivity index (χ0v) is 12.3. The fraction of sp³-hybridized carbons (Fsp3) is 0.667. The Morgan fingerprint density at radius 2 is 2.00 bits per heavy atom. The van der Waals surface area contributed by atoms with Crippen molar-refractivity contribution in [3.8, 4) is 0 Å². The lowest BCUT2D eigenvalue weighted by Crippen LogP contribution is -2.67. The maximum Gasteiger partial charge on any atom is 0.349 e. The summed E-state index contributed by atoms with van der Waals surface area (Å²) in [5, 5.41) is 11.0. The number of hydrogen-bond acceptors (Lipinski definition) is 5. The molecule has 2 atom stereocenters. The Morgan fingerprint density at radius 3 is 2.67 bits per heavy atom. The van der Waals surface area contributed by atoms with Crippen molar-refractivity contribution in [1.29, 1.82) is 0 Å². The minimum absolute atomic E-state index is 0.104. The smallest absolute Gasteiger partial charge is 0.349 e. The van der Waals surface area contributed by atoms with Crippen LogP contribution in [0.4, 0.5) is 0 Å². The standard InChI is InChI=1S/C15H19NO5/c1-9-10-5-3-6-11(17)16-8-4-7-14(10,16)15(20,12(9)18)13(19)21-2/h20H,3-8H2,1-2H3/t14-,15-/m1/s1. The summed E-state index contributed by atoms with van der Waals surface area (Å²) in [6.45, 7) is 2.09. The van der Waals surface area contributed by atoms with Gasteiger partial charge in [-0.15, -0.1) is 0 Å². The second-order valence-corrected chi connectivity index (χ2v) is 6.00. The number of rotatable bonds is 1. The van der Waals surface area contributed by atoms with Crippen LogP contribution in [0.1, 0.15) is 39.0 Å². The van der Waals surface area contributed by atoms with Crippen LogP contribution < -0.4 is 0 Å². The number of carbonyl (C=O) groups excluding carboxylic acids is 3. The van der Waals surface area contributed by atoms with Gasteiger partial charge in [-0.25, -0.2) is 4.79 Å². The van der Waals surface area contributed by atoms with Crippen LogP contribution in [-0.4, -0.2) is 52.5 Å². The molecular weight excluding hydrogens is 274 g/mol. The molecule has 0 aromatic carbocycles. The average molecular weight is 293 g/mol. The SMILES string of the molecule is COC(=O)[C@]1(O)C(=O)C(C)=C2CCCC(=O)N3CCC[C@]231. The van der Waals surface area contributed by atoms with E-state index in [4.69, 9.17) is 4.74 Å². The molecule has 0 aromatic heterocycles. The largest absolute Gasteiger partial charge is 0.466 e. The molecule has 0 bridgehead atoms. The van der Waals surface area contributed by atoms with Crippen molar-refractivity contribution in [2.24, 2.45) is 0 Å². The lowest BCUT2D eigenvalue weighted by molar-refractivity contribution is -0.179. The van der Waals surface area contributed by atoms with Crippen LogP contribution in [-0.2, 0) is 19.1 Å². The minimum Gasteiger partial charge on any atom is -0.466 e. The van der Waals surface area contributed by atoms with Gasteiger partial charge in [0.15, 0.2) is 0 Å². The van der Waals surface area contributed by atoms with E-state index in [-0.39, 0.29) is 5.91 Å². The van der Waals surface area contributed by atoms with Crippen LogP contribution in [0.15, 0.2) is 11.1 Å². The van der Waals surface area contributed by atoms with Gasteiger partial charge in [-0.05, 0) is 43.8 Å². The van der Waals surface area contributed by atoms with E-state index in [2.05, 4.69) is 0 Å². The first-order valence-corrected chi connectivity index (χ1v) is 7.27. The van der Waals surface area contributed by atoms with E-state index >= 15 is 0 Å². The van der Waals surface area contributed by atoms with Crippen molar-refractivity contribution in [3.63, 3.8) is 0 Å². The fourth-order valence-electron chi connectivity index (χ4n) is 4.33. The van der Waals surface area contributed by atoms with Gasteiger partial charge in [0.05, 0.1) is 7.11 Å². The molecule has 1 aliphatic carbocycles. The molecule has 0 aromatic rings. The lowest BCUT2D eigenvalue weighted by atomic mass is 9.75. The summed E-state index contributed by atoms with van der Waals surface area (Å²) in [6.07, 6.45) is 2.65. The van der Waals surface area contributed by atoms with Crippen LogP contribution in [0.3, 0.4) is 0 Å². The van der Waals surface area contributed by atoms with Crippen molar-refractivity contribution in [2.45, 2.75) is 50.2 Å². The van der Waals surface area contributed by atoms with Gasteiger partial charge in [0, 0.05) is 13.0 Å². The molecule has 6 nitrogen and oxygen atoms in total. The van der Waals surface area contributed by atoms with Crippen LogP contribution >= 0.6 is 0 Å². The molecule has 114 valence electrons. The third-order valence-electron chi connectivity index (χ3n) is 5.20. The van der Waals surface area contributed by atoms with E-state index < -0.39 is 22.9 Å². The summed E-state index contributed by atoms with van der Waals surface area (Å²) < 4.78 is 4.71. The van der Waals surface area contributed by atoms with Crippen molar-refractivity contribution in [1.82, 2.24) is 4.90 Å². The Bertz CT molecular complexity index is 581. The third-order valence-corrected chi connectivity index (χ3v) is 5.20. The number of carbonyl (C=O) groups is 3. The molecule has 1 spiro atoms. The van der Waals surface area contributed by atoms with Gasteiger partial charge in [0.2, 0.25) is 11.7 Å². The number of hydrogen-bond donors (Lipinski definition) is 1. The highest BCUT2D eigenvalue weighted by atomic mass is 16.5. The van der Waals surface area contributed by atoms with E-state index in [0.717, 1.165) is 12.7 Å². The zero-order chi connectivity index (χ0) is 15.4. The number of Topliss-reactive ketones (excluding diaryl/α,β-unsaturated/α-hetero) is 1. The van der Waals surface area contributed by atoms with Gasteiger partial charge in [0.1, 0.15) is 5.54 Å². The number of esters is 1. The van der Waals surface area contributed by atoms with Gasteiger partial charge < -0.3 is 14.7 Å². The fourth-order valence-corrected chi connectivity index (χ4v) is 4.33. The summed E-state index contributed by atoms with van der Waals surface area (Å²) in [4.78, 5) is 38.8. The predicted octanol–water partition coefficient (Wildman–Crippen LogP) is 0.335. The van der Waals surface area contributed by atoms with Crippen LogP contribution in [0.5, 0.6) is 0 Å². The summed E-state index contributed by atoms with van der Waals surface area (Å²) in [5.74, 6) is -1.69. The topological polar surface area (TPSA) is 83.9 Å². The molecule has 2 saturated heterocycles. The van der Waals surface area contributed by atoms with Gasteiger partial charge in [-0.2, -0.15) is 0 Å². The summed E-state index contributed by atoms with van der Waals surface area (Å²) >= 11 is 0. The quantitative estimate of drug-likeness (QED) is 0.556. The number of ether oxygens (including phenoxy) is 1. The Hall–Kier alpha value is -1.69. The van der Waals surface area contributed by atoms with E-state index in [1.807, 2.05) is 0 Å². The molecule has 3 aliphatic rings. The van der Waals surface area contributed by atoms with Gasteiger partial charge in [-0.1, -0.05) is 0 Å². The zero-order valence-electron chi connectivity index (χ0n) is 12.3. The summed E-state index contributed by atoms with van der Waals surface area (Å²) in [7, 11) is 1.15. The Kier molecular flexibility index (Phi) is 2.99. The van der Waals surface area contributed by atoms with E-state index in [1.165, 1.54) is 0 Å². The van der Waals surface area contributed by atoms with E-state index in [0.29, 0.717) is 44.2 Å². The number of methoxy groups -OCH3 is 1. The first-order chi connectivity index (χ1) is 9.91. The highest BCUT2D eigenvalue weighted by molar-refractivity contribution is 6.20. The first kappa shape index (κ1) is 14.3. The number of nitrogens with zero attached hydrogens (tertiary/aromatic N) is 1.